The number of rotatable bonds is 3. The van der Waals surface area contributed by atoms with Crippen LogP contribution < -0.4 is 0 Å². The summed E-state index contributed by atoms with van der Waals surface area (Å²) in [6.07, 6.45) is 3.17. The van der Waals surface area contributed by atoms with Crippen molar-refractivity contribution < 1.29 is 14.3 Å². The van der Waals surface area contributed by atoms with Gasteiger partial charge in [0.05, 0.1) is 13.2 Å². The van der Waals surface area contributed by atoms with Gasteiger partial charge in [-0.3, -0.25) is 4.79 Å². The molecule has 63 valence electrons. The fraction of sp³-hybridized carbons (Fsp3) is 0.875. The van der Waals surface area contributed by atoms with Gasteiger partial charge < -0.3 is 9.47 Å². The Hall–Kier alpha value is -0.410. The van der Waals surface area contributed by atoms with Crippen LogP contribution in [0.5, 0.6) is 0 Å². The second-order valence-electron chi connectivity index (χ2n) is 2.77. The molecule has 1 aliphatic heterocycles. The molecule has 0 amide bonds. The Morgan fingerprint density at radius 3 is 2.55 bits per heavy atom. The van der Waals surface area contributed by atoms with Gasteiger partial charge in [-0.25, -0.2) is 0 Å². The Balaban J connectivity index is 2.18. The first-order chi connectivity index (χ1) is 5.36. The summed E-state index contributed by atoms with van der Waals surface area (Å²) in [5.74, 6) is 0.463. The van der Waals surface area contributed by atoms with Crippen molar-refractivity contribution in [3.05, 3.63) is 0 Å². The normalized spacial score (nSPS) is 31.7. The molecule has 1 fully saturated rings. The lowest BCUT2D eigenvalue weighted by Crippen LogP contribution is -2.32. The van der Waals surface area contributed by atoms with Crippen molar-refractivity contribution in [3.8, 4) is 0 Å². The molecule has 1 rings (SSSR count). The molecule has 0 aromatic carbocycles. The Morgan fingerprint density at radius 2 is 2.09 bits per heavy atom. The molecule has 0 aromatic heterocycles. The summed E-state index contributed by atoms with van der Waals surface area (Å²) in [6.45, 7) is 3.39. The van der Waals surface area contributed by atoms with Crippen molar-refractivity contribution in [2.45, 2.75) is 26.1 Å². The van der Waals surface area contributed by atoms with Crippen molar-refractivity contribution in [2.24, 2.45) is 5.92 Å². The Kier molecular flexibility index (Phi) is 3.52. The molecule has 1 saturated heterocycles. The van der Waals surface area contributed by atoms with Crippen LogP contribution in [-0.2, 0) is 14.3 Å². The lowest BCUT2D eigenvalue weighted by atomic mass is 10.1. The highest BCUT2D eigenvalue weighted by Gasteiger charge is 2.21. The lowest BCUT2D eigenvalue weighted by molar-refractivity contribution is -0.164. The summed E-state index contributed by atoms with van der Waals surface area (Å²) >= 11 is 0. The molecular weight excluding hydrogens is 144 g/mol. The molecule has 0 spiro atoms. The van der Waals surface area contributed by atoms with E-state index in [1.165, 1.54) is 0 Å². The maximum absolute atomic E-state index is 10.0. The van der Waals surface area contributed by atoms with Crippen molar-refractivity contribution in [3.63, 3.8) is 0 Å². The Morgan fingerprint density at radius 1 is 1.45 bits per heavy atom. The van der Waals surface area contributed by atoms with Gasteiger partial charge in [0.2, 0.25) is 6.29 Å². The van der Waals surface area contributed by atoms with Crippen LogP contribution in [0.4, 0.5) is 0 Å². The first kappa shape index (κ1) is 8.68. The molecule has 0 N–H and O–H groups in total. The molecule has 0 atom stereocenters. The Labute approximate surface area is 66.7 Å². The quantitative estimate of drug-likeness (QED) is 0.610. The average Bonchev–Trinajstić information content (AvgIpc) is 2.07. The molecule has 0 saturated carbocycles. The second-order valence-corrected chi connectivity index (χ2v) is 2.77. The molecule has 3 heteroatoms. The minimum Gasteiger partial charge on any atom is -0.345 e. The van der Waals surface area contributed by atoms with E-state index < -0.39 is 6.29 Å². The van der Waals surface area contributed by atoms with Gasteiger partial charge >= 0.3 is 0 Å². The molecule has 0 bridgehead atoms. The van der Waals surface area contributed by atoms with E-state index in [9.17, 15) is 4.79 Å². The SMILES string of the molecule is CCCC1COC([C]=O)OC1. The van der Waals surface area contributed by atoms with E-state index in [4.69, 9.17) is 9.47 Å². The van der Waals surface area contributed by atoms with Crippen LogP contribution in [0.3, 0.4) is 0 Å². The van der Waals surface area contributed by atoms with E-state index >= 15 is 0 Å². The zero-order valence-corrected chi connectivity index (χ0v) is 6.71. The molecule has 0 aromatic rings. The van der Waals surface area contributed by atoms with E-state index in [-0.39, 0.29) is 0 Å². The van der Waals surface area contributed by atoms with E-state index in [2.05, 4.69) is 6.92 Å². The van der Waals surface area contributed by atoms with Crippen LogP contribution in [0.2, 0.25) is 0 Å². The van der Waals surface area contributed by atoms with E-state index in [1.807, 2.05) is 0 Å². The molecule has 3 nitrogen and oxygen atoms in total. The summed E-state index contributed by atoms with van der Waals surface area (Å²) in [4.78, 5) is 10.0. The van der Waals surface area contributed by atoms with Gasteiger partial charge in [0, 0.05) is 5.92 Å². The van der Waals surface area contributed by atoms with Gasteiger partial charge in [-0.15, -0.1) is 0 Å². The summed E-state index contributed by atoms with van der Waals surface area (Å²) in [5.41, 5.74) is 0. The molecule has 0 aliphatic carbocycles. The predicted octanol–water partition coefficient (Wildman–Crippen LogP) is 0.885. The van der Waals surface area contributed by atoms with Crippen LogP contribution >= 0.6 is 0 Å². The van der Waals surface area contributed by atoms with Crippen LogP contribution in [0.1, 0.15) is 19.8 Å². The van der Waals surface area contributed by atoms with Crippen LogP contribution in [-0.4, -0.2) is 25.8 Å². The maximum Gasteiger partial charge on any atom is 0.259 e. The smallest absolute Gasteiger partial charge is 0.259 e. The highest BCUT2D eigenvalue weighted by molar-refractivity contribution is 5.54. The van der Waals surface area contributed by atoms with Crippen molar-refractivity contribution >= 4 is 6.29 Å². The topological polar surface area (TPSA) is 35.5 Å². The van der Waals surface area contributed by atoms with Crippen LogP contribution in [0.25, 0.3) is 0 Å². The van der Waals surface area contributed by atoms with Gasteiger partial charge in [-0.1, -0.05) is 13.3 Å². The van der Waals surface area contributed by atoms with Gasteiger partial charge in [0.1, 0.15) is 0 Å². The minimum atomic E-state index is -0.733. The number of ether oxygens (including phenoxy) is 2. The first-order valence-electron chi connectivity index (χ1n) is 3.97. The van der Waals surface area contributed by atoms with Gasteiger partial charge in [0.15, 0.2) is 0 Å². The summed E-state index contributed by atoms with van der Waals surface area (Å²) in [5, 5.41) is 0. The second kappa shape index (κ2) is 4.46. The Bertz CT molecular complexity index is 117. The zero-order chi connectivity index (χ0) is 8.10. The summed E-state index contributed by atoms with van der Waals surface area (Å²) in [6, 6.07) is 0. The van der Waals surface area contributed by atoms with Gasteiger partial charge in [0.25, 0.3) is 6.29 Å². The van der Waals surface area contributed by atoms with Crippen molar-refractivity contribution in [2.75, 3.05) is 13.2 Å². The monoisotopic (exact) mass is 157 g/mol. The van der Waals surface area contributed by atoms with Crippen molar-refractivity contribution in [1.29, 1.82) is 0 Å². The molecule has 1 radical (unpaired) electrons. The molecule has 1 heterocycles. The predicted molar refractivity (Wildman–Crippen MR) is 39.8 cm³/mol. The lowest BCUT2D eigenvalue weighted by Gasteiger charge is -2.25. The summed E-state index contributed by atoms with van der Waals surface area (Å²) < 4.78 is 10.1. The van der Waals surface area contributed by atoms with Crippen LogP contribution in [0, 0.1) is 5.92 Å². The molecule has 0 unspecified atom stereocenters. The van der Waals surface area contributed by atoms with E-state index in [1.54, 1.807) is 6.29 Å². The molecule has 1 aliphatic rings. The van der Waals surface area contributed by atoms with Gasteiger partial charge in [-0.05, 0) is 6.42 Å². The number of hydrogen-bond acceptors (Lipinski definition) is 3. The standard InChI is InChI=1S/C8H13O3/c1-2-3-7-5-10-8(4-9)11-6-7/h7-8H,2-3,5-6H2,1H3. The zero-order valence-electron chi connectivity index (χ0n) is 6.71. The third-order valence-electron chi connectivity index (χ3n) is 1.76. The number of carbonyl (C=O) groups excluding carboxylic acids is 1. The van der Waals surface area contributed by atoms with Crippen LogP contribution in [0.15, 0.2) is 0 Å². The first-order valence-corrected chi connectivity index (χ1v) is 3.97. The third-order valence-corrected chi connectivity index (χ3v) is 1.76. The highest BCUT2D eigenvalue weighted by atomic mass is 16.7. The maximum atomic E-state index is 10.0. The largest absolute Gasteiger partial charge is 0.345 e. The van der Waals surface area contributed by atoms with E-state index in [0.717, 1.165) is 12.8 Å². The fourth-order valence-corrected chi connectivity index (χ4v) is 1.19. The van der Waals surface area contributed by atoms with E-state index in [0.29, 0.717) is 19.1 Å². The summed E-state index contributed by atoms with van der Waals surface area (Å²) in [7, 11) is 0. The number of hydrogen-bond donors (Lipinski definition) is 0. The fourth-order valence-electron chi connectivity index (χ4n) is 1.19. The molecular formula is C8H13O3. The minimum absolute atomic E-state index is 0.463. The highest BCUT2D eigenvalue weighted by Crippen LogP contribution is 2.14. The average molecular weight is 157 g/mol. The van der Waals surface area contributed by atoms with Gasteiger partial charge in [-0.2, -0.15) is 0 Å². The third kappa shape index (κ3) is 2.60. The van der Waals surface area contributed by atoms with Crippen molar-refractivity contribution in [1.82, 2.24) is 0 Å². The molecule has 11 heavy (non-hydrogen) atoms.